The molecule has 1 aliphatic heterocycles. The monoisotopic (exact) mass is 263 g/mol. The van der Waals surface area contributed by atoms with Gasteiger partial charge in [0.05, 0.1) is 19.8 Å². The summed E-state index contributed by atoms with van der Waals surface area (Å²) in [5, 5.41) is 11.4. The number of carboxylic acid groups (broad SMARTS) is 1. The van der Waals surface area contributed by atoms with E-state index in [-0.39, 0.29) is 6.61 Å². The fourth-order valence-electron chi connectivity index (χ4n) is 1.40. The zero-order valence-electron chi connectivity index (χ0n) is 9.68. The van der Waals surface area contributed by atoms with Crippen molar-refractivity contribution in [2.24, 2.45) is 0 Å². The van der Waals surface area contributed by atoms with Crippen LogP contribution in [0.15, 0.2) is 0 Å². The highest BCUT2D eigenvalue weighted by Crippen LogP contribution is 2.04. The molecule has 2 N–H and O–H groups in total. The maximum Gasteiger partial charge on any atom is 0.326 e. The Kier molecular flexibility index (Phi) is 6.31. The van der Waals surface area contributed by atoms with Gasteiger partial charge in [0.1, 0.15) is 6.04 Å². The van der Waals surface area contributed by atoms with Gasteiger partial charge in [-0.3, -0.25) is 4.79 Å². The number of ether oxygens (including phenoxy) is 2. The number of carboxylic acids is 1. The van der Waals surface area contributed by atoms with Crippen LogP contribution in [0.25, 0.3) is 0 Å². The minimum Gasteiger partial charge on any atom is -0.480 e. The highest BCUT2D eigenvalue weighted by Gasteiger charge is 2.27. The third kappa shape index (κ3) is 4.93. The van der Waals surface area contributed by atoms with Crippen molar-refractivity contribution in [2.75, 3.05) is 31.8 Å². The van der Waals surface area contributed by atoms with Crippen molar-refractivity contribution < 1.29 is 24.2 Å². The summed E-state index contributed by atoms with van der Waals surface area (Å²) in [5.74, 6) is -0.762. The first-order valence-corrected chi connectivity index (χ1v) is 6.76. The second-order valence-electron chi connectivity index (χ2n) is 3.62. The van der Waals surface area contributed by atoms with Gasteiger partial charge in [0.25, 0.3) is 5.91 Å². The van der Waals surface area contributed by atoms with Crippen LogP contribution in [0.3, 0.4) is 0 Å². The molecule has 1 heterocycles. The number of carbonyl (C=O) groups is 2. The smallest absolute Gasteiger partial charge is 0.326 e. The van der Waals surface area contributed by atoms with Gasteiger partial charge in [-0.15, -0.1) is 0 Å². The van der Waals surface area contributed by atoms with Crippen molar-refractivity contribution in [1.82, 2.24) is 5.32 Å². The highest BCUT2D eigenvalue weighted by atomic mass is 32.2. The number of aliphatic carboxylic acids is 1. The average molecular weight is 263 g/mol. The molecule has 1 saturated heterocycles. The summed E-state index contributed by atoms with van der Waals surface area (Å²) >= 11 is 1.54. The van der Waals surface area contributed by atoms with E-state index in [1.165, 1.54) is 11.8 Å². The molecule has 0 aliphatic carbocycles. The summed E-state index contributed by atoms with van der Waals surface area (Å²) < 4.78 is 10.3. The normalized spacial score (nSPS) is 21.8. The number of thioether (sulfide) groups is 1. The molecule has 0 spiro atoms. The molecule has 7 heteroatoms. The molecule has 0 aromatic heterocycles. The van der Waals surface area contributed by atoms with Crippen molar-refractivity contribution in [3.05, 3.63) is 0 Å². The summed E-state index contributed by atoms with van der Waals surface area (Å²) in [6.07, 6.45) is 1.59. The molecule has 6 nitrogen and oxygen atoms in total. The van der Waals surface area contributed by atoms with E-state index in [2.05, 4.69) is 5.32 Å². The maximum absolute atomic E-state index is 11.7. The van der Waals surface area contributed by atoms with E-state index in [1.807, 2.05) is 6.26 Å². The molecule has 98 valence electrons. The molecular weight excluding hydrogens is 246 g/mol. The number of carbonyl (C=O) groups excluding carboxylic acids is 1. The fraction of sp³-hybridized carbons (Fsp3) is 0.800. The van der Waals surface area contributed by atoms with E-state index in [9.17, 15) is 9.59 Å². The predicted octanol–water partition coefficient (Wildman–Crippen LogP) is -0.276. The molecule has 1 aliphatic rings. The third-order valence-electron chi connectivity index (χ3n) is 2.33. The molecule has 1 rings (SSSR count). The molecule has 0 aromatic rings. The standard InChI is InChI=1S/C10H17NO5S/c1-17-5-2-7(10(13)14)11-9(12)8-6-15-3-4-16-8/h7-8H,2-6H2,1H3,(H,11,12)(H,13,14)/t7-,8?/m1/s1. The van der Waals surface area contributed by atoms with Crippen LogP contribution in [0, 0.1) is 0 Å². The Morgan fingerprint density at radius 3 is 2.82 bits per heavy atom. The minimum atomic E-state index is -1.02. The molecule has 0 aromatic carbocycles. The van der Waals surface area contributed by atoms with Gasteiger partial charge < -0.3 is 19.9 Å². The third-order valence-corrected chi connectivity index (χ3v) is 2.98. The summed E-state index contributed by atoms with van der Waals surface area (Å²) in [6, 6.07) is -0.861. The molecule has 2 atom stereocenters. The van der Waals surface area contributed by atoms with Gasteiger partial charge in [-0.2, -0.15) is 11.8 Å². The number of hydrogen-bond donors (Lipinski definition) is 2. The lowest BCUT2D eigenvalue weighted by Crippen LogP contribution is -2.49. The van der Waals surface area contributed by atoms with Crippen molar-refractivity contribution in [2.45, 2.75) is 18.6 Å². The fourth-order valence-corrected chi connectivity index (χ4v) is 1.87. The van der Waals surface area contributed by atoms with Gasteiger partial charge in [-0.25, -0.2) is 4.79 Å². The SMILES string of the molecule is CSCC[C@@H](NC(=O)C1COCCO1)C(=O)O. The molecule has 17 heavy (non-hydrogen) atoms. The molecule has 1 unspecified atom stereocenters. The van der Waals surface area contributed by atoms with Gasteiger partial charge in [0, 0.05) is 0 Å². The maximum atomic E-state index is 11.7. The van der Waals surface area contributed by atoms with Crippen LogP contribution in [-0.2, 0) is 19.1 Å². The summed E-state index contributed by atoms with van der Waals surface area (Å²) in [6.45, 7) is 1.01. The number of hydrogen-bond acceptors (Lipinski definition) is 5. The van der Waals surface area contributed by atoms with Crippen LogP contribution < -0.4 is 5.32 Å². The number of amides is 1. The molecule has 1 amide bonds. The summed E-state index contributed by atoms with van der Waals surface area (Å²) in [5.41, 5.74) is 0. The zero-order chi connectivity index (χ0) is 12.7. The quantitative estimate of drug-likeness (QED) is 0.686. The first-order valence-electron chi connectivity index (χ1n) is 5.36. The van der Waals surface area contributed by atoms with Crippen molar-refractivity contribution in [3.63, 3.8) is 0 Å². The lowest BCUT2D eigenvalue weighted by molar-refractivity contribution is -0.152. The van der Waals surface area contributed by atoms with Gasteiger partial charge in [0.15, 0.2) is 6.10 Å². The van der Waals surface area contributed by atoms with Crippen LogP contribution in [-0.4, -0.2) is 61.0 Å². The second kappa shape index (κ2) is 7.52. The Balaban J connectivity index is 2.42. The Morgan fingerprint density at radius 2 is 2.29 bits per heavy atom. The lowest BCUT2D eigenvalue weighted by Gasteiger charge is -2.23. The summed E-state index contributed by atoms with van der Waals surface area (Å²) in [7, 11) is 0. The summed E-state index contributed by atoms with van der Waals surface area (Å²) in [4.78, 5) is 22.6. The molecule has 0 saturated carbocycles. The zero-order valence-corrected chi connectivity index (χ0v) is 10.5. The lowest BCUT2D eigenvalue weighted by atomic mass is 10.2. The van der Waals surface area contributed by atoms with E-state index in [4.69, 9.17) is 14.6 Å². The average Bonchev–Trinajstić information content (AvgIpc) is 2.35. The molecule has 1 fully saturated rings. The second-order valence-corrected chi connectivity index (χ2v) is 4.60. The van der Waals surface area contributed by atoms with Crippen molar-refractivity contribution in [1.29, 1.82) is 0 Å². The van der Waals surface area contributed by atoms with Crippen LogP contribution in [0.4, 0.5) is 0 Å². The van der Waals surface area contributed by atoms with Crippen molar-refractivity contribution >= 4 is 23.6 Å². The molecular formula is C10H17NO5S. The van der Waals surface area contributed by atoms with Gasteiger partial charge in [-0.1, -0.05) is 0 Å². The Hall–Kier alpha value is -0.790. The van der Waals surface area contributed by atoms with E-state index < -0.39 is 24.0 Å². The largest absolute Gasteiger partial charge is 0.480 e. The minimum absolute atomic E-state index is 0.181. The predicted molar refractivity (Wildman–Crippen MR) is 63.1 cm³/mol. The Labute approximate surface area is 104 Å². The van der Waals surface area contributed by atoms with E-state index in [0.717, 1.165) is 0 Å². The van der Waals surface area contributed by atoms with Gasteiger partial charge in [0.2, 0.25) is 0 Å². The number of rotatable bonds is 6. The first kappa shape index (κ1) is 14.3. The van der Waals surface area contributed by atoms with E-state index >= 15 is 0 Å². The first-order chi connectivity index (χ1) is 8.15. The van der Waals surface area contributed by atoms with Gasteiger partial charge >= 0.3 is 5.97 Å². The number of nitrogens with one attached hydrogen (secondary N) is 1. The van der Waals surface area contributed by atoms with Crippen LogP contribution >= 0.6 is 11.8 Å². The van der Waals surface area contributed by atoms with Crippen molar-refractivity contribution in [3.8, 4) is 0 Å². The van der Waals surface area contributed by atoms with Crippen LogP contribution in [0.2, 0.25) is 0 Å². The Bertz CT molecular complexity index is 267. The van der Waals surface area contributed by atoms with Gasteiger partial charge in [-0.05, 0) is 18.4 Å². The van der Waals surface area contributed by atoms with Crippen LogP contribution in [0.5, 0.6) is 0 Å². The van der Waals surface area contributed by atoms with E-state index in [1.54, 1.807) is 0 Å². The van der Waals surface area contributed by atoms with E-state index in [0.29, 0.717) is 25.4 Å². The van der Waals surface area contributed by atoms with Crippen LogP contribution in [0.1, 0.15) is 6.42 Å². The highest BCUT2D eigenvalue weighted by molar-refractivity contribution is 7.98. The Morgan fingerprint density at radius 1 is 1.53 bits per heavy atom. The topological polar surface area (TPSA) is 84.9 Å². The molecule has 0 radical (unpaired) electrons. The molecule has 0 bridgehead atoms.